The van der Waals surface area contributed by atoms with Crippen LogP contribution >= 0.6 is 0 Å². The van der Waals surface area contributed by atoms with E-state index in [9.17, 15) is 0 Å². The minimum absolute atomic E-state index is 0.587. The molecule has 0 aromatic heterocycles. The van der Waals surface area contributed by atoms with Crippen molar-refractivity contribution in [2.45, 2.75) is 6.92 Å². The summed E-state index contributed by atoms with van der Waals surface area (Å²) in [6.45, 7) is 5.59. The van der Waals surface area contributed by atoms with Crippen molar-refractivity contribution >= 4 is 6.08 Å². The molecule has 0 radical (unpaired) electrons. The van der Waals surface area contributed by atoms with Crippen molar-refractivity contribution in [3.63, 3.8) is 0 Å². The third kappa shape index (κ3) is 2.61. The van der Waals surface area contributed by atoms with Gasteiger partial charge in [-0.1, -0.05) is 42.5 Å². The van der Waals surface area contributed by atoms with Crippen molar-refractivity contribution in [2.75, 3.05) is 0 Å². The minimum atomic E-state index is 0.587. The first-order valence-corrected chi connectivity index (χ1v) is 4.07. The van der Waals surface area contributed by atoms with Gasteiger partial charge in [-0.15, -0.1) is 0 Å². The van der Waals surface area contributed by atoms with Crippen LogP contribution in [-0.2, 0) is 0 Å². The summed E-state index contributed by atoms with van der Waals surface area (Å²) >= 11 is 0. The number of hydrogen-bond acceptors (Lipinski definition) is 1. The zero-order chi connectivity index (χ0) is 9.68. The average Bonchev–Trinajstić information content (AvgIpc) is 2.17. The monoisotopic (exact) mass is 169 g/mol. The lowest BCUT2D eigenvalue weighted by atomic mass is 10.1. The second-order valence-corrected chi connectivity index (χ2v) is 2.83. The maximum absolute atomic E-state index is 8.65. The third-order valence-electron chi connectivity index (χ3n) is 1.75. The van der Waals surface area contributed by atoms with Crippen LogP contribution in [0.25, 0.3) is 6.08 Å². The Labute approximate surface area is 78.6 Å². The van der Waals surface area contributed by atoms with E-state index in [1.165, 1.54) is 5.56 Å². The summed E-state index contributed by atoms with van der Waals surface area (Å²) in [7, 11) is 0. The van der Waals surface area contributed by atoms with Gasteiger partial charge in [0.15, 0.2) is 0 Å². The van der Waals surface area contributed by atoms with Crippen LogP contribution in [0.2, 0.25) is 0 Å². The van der Waals surface area contributed by atoms with E-state index in [1.807, 2.05) is 37.3 Å². The molecule has 1 aromatic rings. The molecular weight excluding hydrogens is 158 g/mol. The molecule has 0 unspecified atom stereocenters. The lowest BCUT2D eigenvalue weighted by Crippen LogP contribution is -1.76. The summed E-state index contributed by atoms with van der Waals surface area (Å²) in [4.78, 5) is 0. The quantitative estimate of drug-likeness (QED) is 0.493. The normalized spacial score (nSPS) is 10.6. The predicted molar refractivity (Wildman–Crippen MR) is 55.0 cm³/mol. The summed E-state index contributed by atoms with van der Waals surface area (Å²) < 4.78 is 0. The molecule has 0 aliphatic rings. The standard InChI is InChI=1S/C12H11N/c1-3-11(9-13)8-12-6-4-10(2)5-7-12/h3-8H,1H2,2H3/b11-8-. The van der Waals surface area contributed by atoms with Crippen molar-refractivity contribution in [1.82, 2.24) is 0 Å². The molecule has 0 fully saturated rings. The largest absolute Gasteiger partial charge is 0.192 e. The van der Waals surface area contributed by atoms with Gasteiger partial charge in [-0.2, -0.15) is 5.26 Å². The topological polar surface area (TPSA) is 23.8 Å². The van der Waals surface area contributed by atoms with Gasteiger partial charge in [0.2, 0.25) is 0 Å². The van der Waals surface area contributed by atoms with Crippen molar-refractivity contribution in [3.05, 3.63) is 53.6 Å². The molecule has 0 saturated carbocycles. The zero-order valence-electron chi connectivity index (χ0n) is 7.62. The lowest BCUT2D eigenvalue weighted by Gasteiger charge is -1.94. The van der Waals surface area contributed by atoms with Gasteiger partial charge in [0.25, 0.3) is 0 Å². The van der Waals surface area contributed by atoms with Crippen LogP contribution in [0.5, 0.6) is 0 Å². The fraction of sp³-hybridized carbons (Fsp3) is 0.0833. The van der Waals surface area contributed by atoms with Crippen LogP contribution in [0.3, 0.4) is 0 Å². The SMILES string of the molecule is C=C/C(C#N)=C/c1ccc(C)cc1. The third-order valence-corrected chi connectivity index (χ3v) is 1.75. The van der Waals surface area contributed by atoms with Gasteiger partial charge in [0, 0.05) is 0 Å². The highest BCUT2D eigenvalue weighted by molar-refractivity contribution is 5.60. The Balaban J connectivity index is 2.98. The summed E-state index contributed by atoms with van der Waals surface area (Å²) in [6, 6.07) is 10.1. The summed E-state index contributed by atoms with van der Waals surface area (Å²) in [6.07, 6.45) is 3.37. The van der Waals surface area contributed by atoms with Gasteiger partial charge in [0.1, 0.15) is 0 Å². The fourth-order valence-electron chi connectivity index (χ4n) is 0.979. The van der Waals surface area contributed by atoms with Crippen LogP contribution in [-0.4, -0.2) is 0 Å². The molecular formula is C12H11N. The van der Waals surface area contributed by atoms with Gasteiger partial charge < -0.3 is 0 Å². The molecule has 1 nitrogen and oxygen atoms in total. The highest BCUT2D eigenvalue weighted by atomic mass is 14.2. The molecule has 0 amide bonds. The first-order chi connectivity index (χ1) is 6.26. The molecule has 0 spiro atoms. The van der Waals surface area contributed by atoms with Crippen LogP contribution in [0.15, 0.2) is 42.5 Å². The maximum Gasteiger partial charge on any atom is 0.0991 e. The van der Waals surface area contributed by atoms with E-state index in [0.29, 0.717) is 5.57 Å². The zero-order valence-corrected chi connectivity index (χ0v) is 7.62. The van der Waals surface area contributed by atoms with E-state index < -0.39 is 0 Å². The van der Waals surface area contributed by atoms with E-state index in [4.69, 9.17) is 5.26 Å². The Hall–Kier alpha value is -1.81. The maximum atomic E-state index is 8.65. The number of nitrogens with zero attached hydrogens (tertiary/aromatic N) is 1. The van der Waals surface area contributed by atoms with Crippen LogP contribution < -0.4 is 0 Å². The molecule has 1 aromatic carbocycles. The lowest BCUT2D eigenvalue weighted by molar-refractivity contribution is 1.46. The molecule has 0 N–H and O–H groups in total. The number of rotatable bonds is 2. The second-order valence-electron chi connectivity index (χ2n) is 2.83. The Morgan fingerprint density at radius 2 is 2.00 bits per heavy atom. The second kappa shape index (κ2) is 4.27. The van der Waals surface area contributed by atoms with E-state index in [1.54, 1.807) is 6.08 Å². The molecule has 0 aliphatic carbocycles. The number of allylic oxidation sites excluding steroid dienone is 2. The molecule has 1 rings (SSSR count). The van der Waals surface area contributed by atoms with Gasteiger partial charge in [-0.05, 0) is 18.6 Å². The first-order valence-electron chi connectivity index (χ1n) is 4.07. The molecule has 0 heterocycles. The Morgan fingerprint density at radius 3 is 2.46 bits per heavy atom. The van der Waals surface area contributed by atoms with Crippen molar-refractivity contribution in [1.29, 1.82) is 5.26 Å². The smallest absolute Gasteiger partial charge is 0.0991 e. The first kappa shape index (κ1) is 9.28. The van der Waals surface area contributed by atoms with E-state index in [2.05, 4.69) is 12.6 Å². The number of aryl methyl sites for hydroxylation is 1. The number of hydrogen-bond donors (Lipinski definition) is 0. The minimum Gasteiger partial charge on any atom is -0.192 e. The predicted octanol–water partition coefficient (Wildman–Crippen LogP) is 3.09. The highest BCUT2D eigenvalue weighted by Crippen LogP contribution is 2.08. The fourth-order valence-corrected chi connectivity index (χ4v) is 0.979. The Morgan fingerprint density at radius 1 is 1.38 bits per heavy atom. The highest BCUT2D eigenvalue weighted by Gasteiger charge is 1.90. The van der Waals surface area contributed by atoms with E-state index >= 15 is 0 Å². The molecule has 0 atom stereocenters. The summed E-state index contributed by atoms with van der Waals surface area (Å²) in [5, 5.41) is 8.65. The summed E-state index contributed by atoms with van der Waals surface area (Å²) in [5.41, 5.74) is 2.83. The average molecular weight is 169 g/mol. The Bertz CT molecular complexity index is 363. The van der Waals surface area contributed by atoms with Crippen LogP contribution in [0.4, 0.5) is 0 Å². The number of benzene rings is 1. The van der Waals surface area contributed by atoms with E-state index in [-0.39, 0.29) is 0 Å². The number of nitriles is 1. The summed E-state index contributed by atoms with van der Waals surface area (Å²) in [5.74, 6) is 0. The molecule has 0 aliphatic heterocycles. The Kier molecular flexibility index (Phi) is 3.05. The van der Waals surface area contributed by atoms with Crippen molar-refractivity contribution in [3.8, 4) is 6.07 Å². The molecule has 13 heavy (non-hydrogen) atoms. The molecule has 1 heteroatoms. The molecule has 64 valence electrons. The van der Waals surface area contributed by atoms with Crippen molar-refractivity contribution in [2.24, 2.45) is 0 Å². The van der Waals surface area contributed by atoms with Gasteiger partial charge in [0.05, 0.1) is 11.6 Å². The van der Waals surface area contributed by atoms with E-state index in [0.717, 1.165) is 5.56 Å². The van der Waals surface area contributed by atoms with Gasteiger partial charge in [-0.3, -0.25) is 0 Å². The molecule has 0 saturated heterocycles. The van der Waals surface area contributed by atoms with Gasteiger partial charge >= 0.3 is 0 Å². The van der Waals surface area contributed by atoms with Gasteiger partial charge in [-0.25, -0.2) is 0 Å². The van der Waals surface area contributed by atoms with Crippen molar-refractivity contribution < 1.29 is 0 Å². The molecule has 0 bridgehead atoms. The van der Waals surface area contributed by atoms with Crippen LogP contribution in [0, 0.1) is 18.3 Å². The van der Waals surface area contributed by atoms with Crippen LogP contribution in [0.1, 0.15) is 11.1 Å².